The average molecular weight is 440 g/mol. The summed E-state index contributed by atoms with van der Waals surface area (Å²) in [5.74, 6) is 1.58. The van der Waals surface area contributed by atoms with Crippen molar-refractivity contribution in [1.29, 1.82) is 0 Å². The first-order valence-corrected chi connectivity index (χ1v) is 10.2. The lowest BCUT2D eigenvalue weighted by molar-refractivity contribution is 0.0939. The van der Waals surface area contributed by atoms with Gasteiger partial charge in [-0.1, -0.05) is 0 Å². The van der Waals surface area contributed by atoms with Gasteiger partial charge in [-0.05, 0) is 48.4 Å². The molecule has 9 heteroatoms. The Morgan fingerprint density at radius 1 is 1.09 bits per heavy atom. The molecule has 3 aromatic rings. The highest BCUT2D eigenvalue weighted by molar-refractivity contribution is 5.96. The van der Waals surface area contributed by atoms with E-state index in [0.717, 1.165) is 30.0 Å². The molecule has 1 fully saturated rings. The molecule has 4 rings (SSSR count). The van der Waals surface area contributed by atoms with Gasteiger partial charge in [0, 0.05) is 30.8 Å². The summed E-state index contributed by atoms with van der Waals surface area (Å²) in [5, 5.41) is 10.4. The Kier molecular flexibility index (Phi) is 6.16. The molecule has 0 spiro atoms. The van der Waals surface area contributed by atoms with Crippen molar-refractivity contribution >= 4 is 11.7 Å². The Hall–Kier alpha value is -3.75. The summed E-state index contributed by atoms with van der Waals surface area (Å²) in [5.41, 5.74) is 2.10. The van der Waals surface area contributed by atoms with Crippen LogP contribution in [0.15, 0.2) is 42.5 Å². The Morgan fingerprint density at radius 3 is 2.41 bits per heavy atom. The third kappa shape index (κ3) is 4.32. The van der Waals surface area contributed by atoms with Gasteiger partial charge in [-0.15, -0.1) is 0 Å². The third-order valence-electron chi connectivity index (χ3n) is 5.49. The molecular formula is C23H25FN4O4. The molecule has 1 amide bonds. The van der Waals surface area contributed by atoms with Gasteiger partial charge >= 0.3 is 0 Å². The number of rotatable bonds is 7. The number of benzene rings is 2. The topological polar surface area (TPSA) is 88.7 Å². The number of hydrogen-bond donors (Lipinski definition) is 2. The van der Waals surface area contributed by atoms with Gasteiger partial charge in [0.1, 0.15) is 5.82 Å². The van der Waals surface area contributed by atoms with Crippen LogP contribution in [0.1, 0.15) is 16.8 Å². The SMILES string of the molecule is COc1cc(C(=O)N[C@H]2CCN(c3cc(-c4ccc(F)cc4)[nH]n3)C2)cc(OC)c1OC. The second-order valence-electron chi connectivity index (χ2n) is 7.47. The Labute approximate surface area is 185 Å². The number of halogens is 1. The quantitative estimate of drug-likeness (QED) is 0.586. The number of nitrogens with one attached hydrogen (secondary N) is 2. The summed E-state index contributed by atoms with van der Waals surface area (Å²) in [6.45, 7) is 1.39. The van der Waals surface area contributed by atoms with Crippen LogP contribution in [-0.2, 0) is 0 Å². The number of nitrogens with zero attached hydrogens (tertiary/aromatic N) is 2. The molecule has 168 valence electrons. The lowest BCUT2D eigenvalue weighted by Crippen LogP contribution is -2.37. The van der Waals surface area contributed by atoms with Gasteiger partial charge in [0.2, 0.25) is 5.75 Å². The average Bonchev–Trinajstić information content (AvgIpc) is 3.48. The first-order valence-electron chi connectivity index (χ1n) is 10.2. The molecular weight excluding hydrogens is 415 g/mol. The molecule has 2 heterocycles. The van der Waals surface area contributed by atoms with E-state index in [4.69, 9.17) is 14.2 Å². The molecule has 1 aliphatic heterocycles. The lowest BCUT2D eigenvalue weighted by Gasteiger charge is -2.17. The Bertz CT molecular complexity index is 1070. The lowest BCUT2D eigenvalue weighted by atomic mass is 10.1. The number of hydrogen-bond acceptors (Lipinski definition) is 6. The minimum absolute atomic E-state index is 0.0347. The van der Waals surface area contributed by atoms with Crippen molar-refractivity contribution in [2.24, 2.45) is 0 Å². The van der Waals surface area contributed by atoms with E-state index in [2.05, 4.69) is 20.4 Å². The molecule has 1 aliphatic rings. The van der Waals surface area contributed by atoms with Gasteiger partial charge in [0.05, 0.1) is 27.0 Å². The Morgan fingerprint density at radius 2 is 1.78 bits per heavy atom. The first-order chi connectivity index (χ1) is 15.5. The maximum atomic E-state index is 13.2. The van der Waals surface area contributed by atoms with Gasteiger partial charge in [0.25, 0.3) is 5.91 Å². The number of H-pyrrole nitrogens is 1. The highest BCUT2D eigenvalue weighted by Gasteiger charge is 2.27. The van der Waals surface area contributed by atoms with Crippen molar-refractivity contribution in [3.8, 4) is 28.5 Å². The van der Waals surface area contributed by atoms with Gasteiger partial charge in [-0.25, -0.2) is 4.39 Å². The van der Waals surface area contributed by atoms with E-state index in [0.29, 0.717) is 29.4 Å². The van der Waals surface area contributed by atoms with Crippen LogP contribution >= 0.6 is 0 Å². The van der Waals surface area contributed by atoms with Gasteiger partial charge < -0.3 is 24.4 Å². The number of aromatic amines is 1. The number of methoxy groups -OCH3 is 3. The number of carbonyl (C=O) groups is 1. The van der Waals surface area contributed by atoms with Gasteiger partial charge in [0.15, 0.2) is 17.3 Å². The fourth-order valence-electron chi connectivity index (χ4n) is 3.82. The van der Waals surface area contributed by atoms with Crippen LogP contribution in [0, 0.1) is 5.82 Å². The maximum absolute atomic E-state index is 13.2. The van der Waals surface area contributed by atoms with Crippen molar-refractivity contribution in [2.75, 3.05) is 39.3 Å². The standard InChI is InChI=1S/C23H25FN4O4/c1-30-19-10-15(11-20(31-2)22(19)32-3)23(29)25-17-8-9-28(13-17)21-12-18(26-27-21)14-4-6-16(24)7-5-14/h4-7,10-12,17H,8-9,13H2,1-3H3,(H,25,29)(H,26,27)/t17-/m0/s1. The van der Waals surface area contributed by atoms with E-state index in [9.17, 15) is 9.18 Å². The molecule has 1 atom stereocenters. The Balaban J connectivity index is 1.42. The molecule has 2 N–H and O–H groups in total. The number of ether oxygens (including phenoxy) is 3. The van der Waals surface area contributed by atoms with Crippen molar-refractivity contribution in [2.45, 2.75) is 12.5 Å². The minimum Gasteiger partial charge on any atom is -0.493 e. The number of anilines is 1. The first kappa shape index (κ1) is 21.5. The van der Waals surface area contributed by atoms with Crippen molar-refractivity contribution in [3.63, 3.8) is 0 Å². The van der Waals surface area contributed by atoms with Crippen LogP contribution in [0.4, 0.5) is 10.2 Å². The number of carbonyl (C=O) groups excluding carboxylic acids is 1. The molecule has 1 saturated heterocycles. The van der Waals surface area contributed by atoms with E-state index in [1.807, 2.05) is 6.07 Å². The van der Waals surface area contributed by atoms with Crippen molar-refractivity contribution in [1.82, 2.24) is 15.5 Å². The zero-order chi connectivity index (χ0) is 22.7. The fourth-order valence-corrected chi connectivity index (χ4v) is 3.82. The van der Waals surface area contributed by atoms with Crippen LogP contribution < -0.4 is 24.4 Å². The monoisotopic (exact) mass is 440 g/mol. The molecule has 1 aromatic heterocycles. The molecule has 32 heavy (non-hydrogen) atoms. The highest BCUT2D eigenvalue weighted by atomic mass is 19.1. The normalized spacial score (nSPS) is 15.5. The van der Waals surface area contributed by atoms with Crippen LogP contribution in [0.5, 0.6) is 17.2 Å². The highest BCUT2D eigenvalue weighted by Crippen LogP contribution is 2.38. The van der Waals surface area contributed by atoms with Crippen molar-refractivity contribution < 1.29 is 23.4 Å². The van der Waals surface area contributed by atoms with Gasteiger partial charge in [-0.3, -0.25) is 9.89 Å². The van der Waals surface area contributed by atoms with E-state index in [1.54, 1.807) is 24.3 Å². The molecule has 0 unspecified atom stereocenters. The van der Waals surface area contributed by atoms with Gasteiger partial charge in [-0.2, -0.15) is 5.10 Å². The number of aromatic nitrogens is 2. The second kappa shape index (κ2) is 9.17. The summed E-state index contributed by atoms with van der Waals surface area (Å²) in [6, 6.07) is 11.4. The maximum Gasteiger partial charge on any atom is 0.251 e. The molecule has 0 bridgehead atoms. The van der Waals surface area contributed by atoms with Crippen LogP contribution in [0.3, 0.4) is 0 Å². The molecule has 2 aromatic carbocycles. The van der Waals surface area contributed by atoms with Crippen LogP contribution in [0.2, 0.25) is 0 Å². The van der Waals surface area contributed by atoms with Crippen LogP contribution in [-0.4, -0.2) is 56.6 Å². The van der Waals surface area contributed by atoms with E-state index >= 15 is 0 Å². The second-order valence-corrected chi connectivity index (χ2v) is 7.47. The molecule has 0 saturated carbocycles. The minimum atomic E-state index is -0.279. The summed E-state index contributed by atoms with van der Waals surface area (Å²) in [4.78, 5) is 15.0. The summed E-state index contributed by atoms with van der Waals surface area (Å²) in [7, 11) is 4.54. The van der Waals surface area contributed by atoms with E-state index in [-0.39, 0.29) is 17.8 Å². The summed E-state index contributed by atoms with van der Waals surface area (Å²) >= 11 is 0. The molecule has 0 aliphatic carbocycles. The smallest absolute Gasteiger partial charge is 0.251 e. The predicted octanol–water partition coefficient (Wildman–Crippen LogP) is 3.25. The molecule has 8 nitrogen and oxygen atoms in total. The molecule has 0 radical (unpaired) electrons. The van der Waals surface area contributed by atoms with Crippen molar-refractivity contribution in [3.05, 3.63) is 53.8 Å². The van der Waals surface area contributed by atoms with E-state index in [1.165, 1.54) is 33.5 Å². The summed E-state index contributed by atoms with van der Waals surface area (Å²) < 4.78 is 29.1. The van der Waals surface area contributed by atoms with Crippen LogP contribution in [0.25, 0.3) is 11.3 Å². The summed E-state index contributed by atoms with van der Waals surface area (Å²) in [6.07, 6.45) is 0.787. The third-order valence-corrected chi connectivity index (χ3v) is 5.49. The largest absolute Gasteiger partial charge is 0.493 e. The fraction of sp³-hybridized carbons (Fsp3) is 0.304. The zero-order valence-corrected chi connectivity index (χ0v) is 18.1. The zero-order valence-electron chi connectivity index (χ0n) is 18.1. The predicted molar refractivity (Wildman–Crippen MR) is 118 cm³/mol. The number of amides is 1. The van der Waals surface area contributed by atoms with E-state index < -0.39 is 0 Å².